The van der Waals surface area contributed by atoms with E-state index >= 15 is 4.39 Å². The maximum atomic E-state index is 15.2. The lowest BCUT2D eigenvalue weighted by Crippen LogP contribution is -2.31. The molecule has 0 atom stereocenters. The van der Waals surface area contributed by atoms with Crippen LogP contribution in [-0.2, 0) is 0 Å². The molecular weight excluding hydrogens is 417 g/mol. The van der Waals surface area contributed by atoms with Crippen molar-refractivity contribution in [2.75, 3.05) is 32.0 Å². The maximum Gasteiger partial charge on any atom is 0.224 e. The van der Waals surface area contributed by atoms with E-state index in [4.69, 9.17) is 0 Å². The van der Waals surface area contributed by atoms with Crippen molar-refractivity contribution in [2.24, 2.45) is 5.41 Å². The van der Waals surface area contributed by atoms with Crippen LogP contribution in [0, 0.1) is 18.2 Å². The second-order valence-corrected chi connectivity index (χ2v) is 10.5. The molecule has 0 aliphatic carbocycles. The average Bonchev–Trinajstić information content (AvgIpc) is 3.33. The zero-order valence-electron chi connectivity index (χ0n) is 20.0. The van der Waals surface area contributed by atoms with Crippen LogP contribution in [0.2, 0.25) is 0 Å². The highest BCUT2D eigenvalue weighted by Gasteiger charge is 2.24. The van der Waals surface area contributed by atoms with E-state index in [2.05, 4.69) is 68.6 Å². The van der Waals surface area contributed by atoms with Crippen molar-refractivity contribution in [3.8, 4) is 11.1 Å². The van der Waals surface area contributed by atoms with Crippen LogP contribution in [-0.4, -0.2) is 56.1 Å². The van der Waals surface area contributed by atoms with Gasteiger partial charge in [0.05, 0.1) is 5.52 Å². The largest absolute Gasteiger partial charge is 0.354 e. The van der Waals surface area contributed by atoms with E-state index < -0.39 is 0 Å². The van der Waals surface area contributed by atoms with Crippen LogP contribution in [0.5, 0.6) is 0 Å². The van der Waals surface area contributed by atoms with Gasteiger partial charge in [0.15, 0.2) is 5.82 Å². The Balaban J connectivity index is 1.54. The monoisotopic (exact) mass is 449 g/mol. The summed E-state index contributed by atoms with van der Waals surface area (Å²) in [4.78, 5) is 19.3. The van der Waals surface area contributed by atoms with Crippen molar-refractivity contribution in [2.45, 2.75) is 46.6 Å². The number of fused-ring (bicyclic) bond motifs is 2. The van der Waals surface area contributed by atoms with Crippen molar-refractivity contribution in [1.82, 2.24) is 29.4 Å². The van der Waals surface area contributed by atoms with E-state index in [1.807, 2.05) is 13.1 Å². The molecule has 33 heavy (non-hydrogen) atoms. The second-order valence-electron chi connectivity index (χ2n) is 10.5. The molecule has 7 nitrogen and oxygen atoms in total. The Morgan fingerprint density at radius 2 is 1.94 bits per heavy atom. The number of nitrogens with one attached hydrogen (secondary N) is 2. The summed E-state index contributed by atoms with van der Waals surface area (Å²) in [6.07, 6.45) is 5.78. The van der Waals surface area contributed by atoms with Gasteiger partial charge in [-0.15, -0.1) is 0 Å². The van der Waals surface area contributed by atoms with Gasteiger partial charge in [-0.2, -0.15) is 4.98 Å². The summed E-state index contributed by atoms with van der Waals surface area (Å²) in [5, 5.41) is 4.16. The molecule has 0 spiro atoms. The number of aryl methyl sites for hydroxylation is 1. The van der Waals surface area contributed by atoms with E-state index in [0.717, 1.165) is 66.0 Å². The number of rotatable bonds is 4. The van der Waals surface area contributed by atoms with Gasteiger partial charge in [-0.3, -0.25) is 0 Å². The number of anilines is 1. The normalized spacial score (nSPS) is 16.2. The predicted octanol–water partition coefficient (Wildman–Crippen LogP) is 5.15. The van der Waals surface area contributed by atoms with E-state index in [0.29, 0.717) is 17.5 Å². The molecule has 0 unspecified atom stereocenters. The fourth-order valence-electron chi connectivity index (χ4n) is 4.71. The lowest BCUT2D eigenvalue weighted by molar-refractivity contribution is 0.222. The van der Waals surface area contributed by atoms with Crippen LogP contribution in [0.3, 0.4) is 0 Å². The molecule has 0 bridgehead atoms. The number of halogens is 1. The molecule has 4 heterocycles. The van der Waals surface area contributed by atoms with Gasteiger partial charge in [-0.05, 0) is 63.0 Å². The number of aromatic amines is 1. The lowest BCUT2D eigenvalue weighted by atomic mass is 9.97. The van der Waals surface area contributed by atoms with Crippen LogP contribution in [0.4, 0.5) is 10.3 Å². The van der Waals surface area contributed by atoms with Gasteiger partial charge in [-0.25, -0.2) is 14.4 Å². The highest BCUT2D eigenvalue weighted by molar-refractivity contribution is 5.96. The van der Waals surface area contributed by atoms with Gasteiger partial charge < -0.3 is 19.8 Å². The Hall–Kier alpha value is -3.00. The maximum absolute atomic E-state index is 15.2. The first-order chi connectivity index (χ1) is 15.7. The molecule has 1 aromatic carbocycles. The number of hydrogen-bond donors (Lipinski definition) is 2. The molecule has 1 aliphatic heterocycles. The molecule has 3 aromatic heterocycles. The summed E-state index contributed by atoms with van der Waals surface area (Å²) in [7, 11) is 2.15. The smallest absolute Gasteiger partial charge is 0.224 e. The van der Waals surface area contributed by atoms with Crippen molar-refractivity contribution < 1.29 is 4.39 Å². The average molecular weight is 450 g/mol. The zero-order valence-corrected chi connectivity index (χ0v) is 20.0. The number of likely N-dealkylation sites (tertiary alicyclic amines) is 1. The van der Waals surface area contributed by atoms with Crippen LogP contribution < -0.4 is 5.32 Å². The summed E-state index contributed by atoms with van der Waals surface area (Å²) in [6.45, 7) is 11.3. The van der Waals surface area contributed by atoms with Crippen molar-refractivity contribution in [3.05, 3.63) is 36.2 Å². The summed E-state index contributed by atoms with van der Waals surface area (Å²) < 4.78 is 17.4. The van der Waals surface area contributed by atoms with Gasteiger partial charge in [0.25, 0.3) is 0 Å². The standard InChI is InChI=1S/C25H32FN7/c1-15-30-22-20(26)10-16(11-21(22)33(15)17-6-8-32(5)9-7-17)18-12-27-23-19(18)13-28-24(31-23)29-14-25(2,3)4/h10-13,17H,6-9,14H2,1-5H3,(H2,27,28,29,31). The number of hydrogen-bond acceptors (Lipinski definition) is 5. The zero-order chi connectivity index (χ0) is 23.3. The number of benzene rings is 1. The summed E-state index contributed by atoms with van der Waals surface area (Å²) >= 11 is 0. The molecule has 174 valence electrons. The molecule has 0 amide bonds. The Morgan fingerprint density at radius 1 is 1.18 bits per heavy atom. The van der Waals surface area contributed by atoms with Crippen LogP contribution in [0.1, 0.15) is 45.5 Å². The SMILES string of the molecule is Cc1nc2c(F)cc(-c3c[nH]c4nc(NCC(C)(C)C)ncc34)cc2n1C1CCN(C)CC1. The Labute approximate surface area is 193 Å². The van der Waals surface area contributed by atoms with Gasteiger partial charge in [-0.1, -0.05) is 20.8 Å². The van der Waals surface area contributed by atoms with Crippen molar-refractivity contribution in [3.63, 3.8) is 0 Å². The van der Waals surface area contributed by atoms with Crippen LogP contribution in [0.25, 0.3) is 33.2 Å². The number of imidazole rings is 1. The first-order valence-electron chi connectivity index (χ1n) is 11.6. The van der Waals surface area contributed by atoms with Gasteiger partial charge >= 0.3 is 0 Å². The van der Waals surface area contributed by atoms with Gasteiger partial charge in [0, 0.05) is 35.9 Å². The van der Waals surface area contributed by atoms with Crippen LogP contribution >= 0.6 is 0 Å². The van der Waals surface area contributed by atoms with Crippen molar-refractivity contribution >= 4 is 28.0 Å². The molecule has 8 heteroatoms. The van der Waals surface area contributed by atoms with Gasteiger partial charge in [0.2, 0.25) is 5.95 Å². The highest BCUT2D eigenvalue weighted by Crippen LogP contribution is 2.35. The number of H-pyrrole nitrogens is 1. The van der Waals surface area contributed by atoms with Gasteiger partial charge in [0.1, 0.15) is 17.0 Å². The molecule has 0 radical (unpaired) electrons. The molecule has 1 saturated heterocycles. The fourth-order valence-corrected chi connectivity index (χ4v) is 4.71. The minimum absolute atomic E-state index is 0.126. The van der Waals surface area contributed by atoms with E-state index in [1.165, 1.54) is 0 Å². The minimum atomic E-state index is -0.295. The van der Waals surface area contributed by atoms with Crippen molar-refractivity contribution in [1.29, 1.82) is 0 Å². The molecular formula is C25H32FN7. The second kappa shape index (κ2) is 8.09. The summed E-state index contributed by atoms with van der Waals surface area (Å²) in [6, 6.07) is 3.97. The molecule has 5 rings (SSSR count). The van der Waals surface area contributed by atoms with E-state index in [1.54, 1.807) is 12.3 Å². The molecule has 1 aliphatic rings. The Kier molecular flexibility index (Phi) is 5.35. The first-order valence-corrected chi connectivity index (χ1v) is 11.6. The third-order valence-corrected chi connectivity index (χ3v) is 6.50. The molecule has 4 aromatic rings. The quantitative estimate of drug-likeness (QED) is 0.451. The third-order valence-electron chi connectivity index (χ3n) is 6.50. The Morgan fingerprint density at radius 3 is 2.67 bits per heavy atom. The number of nitrogens with zero attached hydrogens (tertiary/aromatic N) is 5. The summed E-state index contributed by atoms with van der Waals surface area (Å²) in [5.74, 6) is 1.16. The number of piperidine rings is 1. The lowest BCUT2D eigenvalue weighted by Gasteiger charge is -2.30. The van der Waals surface area contributed by atoms with E-state index in [-0.39, 0.29) is 11.2 Å². The first kappa shape index (κ1) is 21.8. The fraction of sp³-hybridized carbons (Fsp3) is 0.480. The molecule has 0 saturated carbocycles. The predicted molar refractivity (Wildman–Crippen MR) is 131 cm³/mol. The minimum Gasteiger partial charge on any atom is -0.354 e. The molecule has 2 N–H and O–H groups in total. The van der Waals surface area contributed by atoms with Crippen LogP contribution in [0.15, 0.2) is 24.5 Å². The topological polar surface area (TPSA) is 74.7 Å². The summed E-state index contributed by atoms with van der Waals surface area (Å²) in [5.41, 5.74) is 3.86. The highest BCUT2D eigenvalue weighted by atomic mass is 19.1. The number of aromatic nitrogens is 5. The third kappa shape index (κ3) is 4.19. The van der Waals surface area contributed by atoms with E-state index in [9.17, 15) is 0 Å². The Bertz CT molecular complexity index is 1310. The molecule has 1 fully saturated rings.